The number of nitrogens with zero attached hydrogens (tertiary/aromatic N) is 3. The molecule has 1 heterocycles. The molecule has 0 fully saturated rings. The Balaban J connectivity index is 1.48. The number of amides is 1. The lowest BCUT2D eigenvalue weighted by atomic mass is 10.1. The van der Waals surface area contributed by atoms with Gasteiger partial charge in [-0.15, -0.1) is 11.8 Å². The van der Waals surface area contributed by atoms with Crippen molar-refractivity contribution in [1.82, 2.24) is 20.1 Å². The molecule has 3 rings (SSSR count). The van der Waals surface area contributed by atoms with E-state index >= 15 is 0 Å². The summed E-state index contributed by atoms with van der Waals surface area (Å²) >= 11 is 1.70. The fourth-order valence-electron chi connectivity index (χ4n) is 2.43. The molecule has 2 aromatic carbocycles. The van der Waals surface area contributed by atoms with Gasteiger partial charge < -0.3 is 5.32 Å². The summed E-state index contributed by atoms with van der Waals surface area (Å²) in [6, 6.07) is 18.0. The van der Waals surface area contributed by atoms with Crippen LogP contribution in [0.4, 0.5) is 0 Å². The fourth-order valence-corrected chi connectivity index (χ4v) is 3.31. The van der Waals surface area contributed by atoms with Crippen molar-refractivity contribution in [2.24, 2.45) is 0 Å². The van der Waals surface area contributed by atoms with Crippen LogP contribution in [0.5, 0.6) is 0 Å². The van der Waals surface area contributed by atoms with E-state index in [0.29, 0.717) is 6.42 Å². The second-order valence-electron chi connectivity index (χ2n) is 5.63. The van der Waals surface area contributed by atoms with Gasteiger partial charge in [0, 0.05) is 17.1 Å². The number of thioether (sulfide) groups is 1. The minimum absolute atomic E-state index is 0.0287. The molecule has 1 aromatic heterocycles. The second kappa shape index (κ2) is 8.48. The Labute approximate surface area is 151 Å². The number of hydrogen-bond donors (Lipinski definition) is 1. The number of carbonyl (C=O) groups excluding carboxylic acids is 1. The van der Waals surface area contributed by atoms with Crippen molar-refractivity contribution in [3.8, 4) is 5.69 Å². The molecule has 0 bridgehead atoms. The van der Waals surface area contributed by atoms with Crippen LogP contribution < -0.4 is 5.32 Å². The molecule has 0 saturated carbocycles. The predicted molar refractivity (Wildman–Crippen MR) is 99.7 cm³/mol. The van der Waals surface area contributed by atoms with E-state index in [1.54, 1.807) is 22.8 Å². The maximum absolute atomic E-state index is 12.1. The van der Waals surface area contributed by atoms with Gasteiger partial charge in [0.15, 0.2) is 0 Å². The third kappa shape index (κ3) is 4.93. The van der Waals surface area contributed by atoms with Gasteiger partial charge >= 0.3 is 0 Å². The number of hydrogen-bond acceptors (Lipinski definition) is 4. The van der Waals surface area contributed by atoms with Crippen molar-refractivity contribution in [3.05, 3.63) is 72.8 Å². The molecule has 128 valence electrons. The first-order valence-corrected chi connectivity index (χ1v) is 9.13. The van der Waals surface area contributed by atoms with E-state index in [-0.39, 0.29) is 11.9 Å². The summed E-state index contributed by atoms with van der Waals surface area (Å²) in [6.45, 7) is 1.99. The van der Waals surface area contributed by atoms with Crippen LogP contribution in [0.25, 0.3) is 5.69 Å². The van der Waals surface area contributed by atoms with Crippen LogP contribution in [0.3, 0.4) is 0 Å². The third-order valence-corrected chi connectivity index (χ3v) is 4.81. The smallest absolute Gasteiger partial charge is 0.221 e. The number of aromatic nitrogens is 3. The van der Waals surface area contributed by atoms with Crippen LogP contribution in [-0.2, 0) is 4.79 Å². The highest BCUT2D eigenvalue weighted by atomic mass is 32.2. The zero-order chi connectivity index (χ0) is 17.5. The fraction of sp³-hybridized carbons (Fsp3) is 0.211. The van der Waals surface area contributed by atoms with Crippen molar-refractivity contribution in [3.63, 3.8) is 0 Å². The summed E-state index contributed by atoms with van der Waals surface area (Å²) in [5, 5.41) is 7.15. The van der Waals surface area contributed by atoms with Gasteiger partial charge in [-0.2, -0.15) is 5.10 Å². The van der Waals surface area contributed by atoms with Crippen molar-refractivity contribution in [1.29, 1.82) is 0 Å². The first kappa shape index (κ1) is 17.2. The number of nitrogens with one attached hydrogen (secondary N) is 1. The molecule has 0 radical (unpaired) electrons. The highest BCUT2D eigenvalue weighted by Gasteiger charge is 2.10. The lowest BCUT2D eigenvalue weighted by molar-refractivity contribution is -0.121. The Hall–Kier alpha value is -2.60. The van der Waals surface area contributed by atoms with Gasteiger partial charge in [-0.25, -0.2) is 9.67 Å². The third-order valence-electron chi connectivity index (χ3n) is 3.79. The van der Waals surface area contributed by atoms with Crippen LogP contribution in [0.1, 0.15) is 24.9 Å². The van der Waals surface area contributed by atoms with Gasteiger partial charge in [0.1, 0.15) is 12.7 Å². The first-order chi connectivity index (χ1) is 12.2. The lowest BCUT2D eigenvalue weighted by Crippen LogP contribution is -2.26. The zero-order valence-electron chi connectivity index (χ0n) is 14.0. The van der Waals surface area contributed by atoms with Crippen LogP contribution in [0, 0.1) is 0 Å². The van der Waals surface area contributed by atoms with E-state index in [4.69, 9.17) is 0 Å². The summed E-state index contributed by atoms with van der Waals surface area (Å²) in [6.07, 6.45) is 3.66. The topological polar surface area (TPSA) is 59.8 Å². The monoisotopic (exact) mass is 352 g/mol. The zero-order valence-corrected chi connectivity index (χ0v) is 14.8. The molecule has 0 aliphatic carbocycles. The summed E-state index contributed by atoms with van der Waals surface area (Å²) in [4.78, 5) is 17.2. The molecule has 0 aliphatic rings. The van der Waals surface area contributed by atoms with Crippen molar-refractivity contribution in [2.45, 2.75) is 24.3 Å². The van der Waals surface area contributed by atoms with Gasteiger partial charge in [-0.1, -0.05) is 30.3 Å². The van der Waals surface area contributed by atoms with E-state index in [0.717, 1.165) is 17.0 Å². The lowest BCUT2D eigenvalue weighted by Gasteiger charge is -2.15. The molecule has 1 amide bonds. The molecule has 0 saturated heterocycles. The van der Waals surface area contributed by atoms with Gasteiger partial charge in [-0.05, 0) is 36.8 Å². The molecule has 0 unspecified atom stereocenters. The van der Waals surface area contributed by atoms with Gasteiger partial charge in [0.2, 0.25) is 5.91 Å². The Morgan fingerprint density at radius 2 is 1.92 bits per heavy atom. The molecule has 3 aromatic rings. The molecule has 0 aliphatic heterocycles. The molecular weight excluding hydrogens is 332 g/mol. The van der Waals surface area contributed by atoms with Gasteiger partial charge in [0.25, 0.3) is 0 Å². The Morgan fingerprint density at radius 3 is 2.60 bits per heavy atom. The SMILES string of the molecule is C[C@H](NC(=O)CCSc1ccccc1)c1ccc(-n2cncn2)cc1. The minimum Gasteiger partial charge on any atom is -0.350 e. The standard InChI is InChI=1S/C19H20N4OS/c1-15(16-7-9-17(10-8-16)23-14-20-13-21-23)22-19(24)11-12-25-18-5-3-2-4-6-18/h2-10,13-15H,11-12H2,1H3,(H,22,24)/t15-/m0/s1. The Bertz CT molecular complexity index is 788. The normalized spacial score (nSPS) is 11.9. The van der Waals surface area contributed by atoms with Crippen LogP contribution in [0.2, 0.25) is 0 Å². The molecule has 0 spiro atoms. The molecule has 25 heavy (non-hydrogen) atoms. The van der Waals surface area contributed by atoms with E-state index < -0.39 is 0 Å². The number of rotatable bonds is 7. The second-order valence-corrected chi connectivity index (χ2v) is 6.80. The van der Waals surface area contributed by atoms with Crippen LogP contribution in [-0.4, -0.2) is 26.4 Å². The molecule has 1 atom stereocenters. The maximum atomic E-state index is 12.1. The van der Waals surface area contributed by atoms with Crippen molar-refractivity contribution < 1.29 is 4.79 Å². The molecule has 5 nitrogen and oxygen atoms in total. The molecular formula is C19H20N4OS. The Kier molecular flexibility index (Phi) is 5.85. The minimum atomic E-state index is -0.0287. The number of benzene rings is 2. The molecule has 6 heteroatoms. The summed E-state index contributed by atoms with van der Waals surface area (Å²) in [7, 11) is 0. The average Bonchev–Trinajstić information content (AvgIpc) is 3.17. The summed E-state index contributed by atoms with van der Waals surface area (Å²) in [5.74, 6) is 0.838. The van der Waals surface area contributed by atoms with E-state index in [1.165, 1.54) is 11.2 Å². The Morgan fingerprint density at radius 1 is 1.16 bits per heavy atom. The van der Waals surface area contributed by atoms with Gasteiger partial charge in [0.05, 0.1) is 11.7 Å². The van der Waals surface area contributed by atoms with Crippen molar-refractivity contribution in [2.75, 3.05) is 5.75 Å². The first-order valence-electron chi connectivity index (χ1n) is 8.14. The summed E-state index contributed by atoms with van der Waals surface area (Å²) < 4.78 is 1.70. The van der Waals surface area contributed by atoms with Crippen LogP contribution in [0.15, 0.2) is 72.1 Å². The quantitative estimate of drug-likeness (QED) is 0.660. The van der Waals surface area contributed by atoms with E-state index in [2.05, 4.69) is 27.5 Å². The van der Waals surface area contributed by atoms with Gasteiger partial charge in [-0.3, -0.25) is 4.79 Å². The van der Waals surface area contributed by atoms with Crippen molar-refractivity contribution >= 4 is 17.7 Å². The predicted octanol–water partition coefficient (Wildman–Crippen LogP) is 3.63. The number of carbonyl (C=O) groups is 1. The maximum Gasteiger partial charge on any atom is 0.221 e. The van der Waals surface area contributed by atoms with E-state index in [9.17, 15) is 4.79 Å². The highest BCUT2D eigenvalue weighted by Crippen LogP contribution is 2.19. The highest BCUT2D eigenvalue weighted by molar-refractivity contribution is 7.99. The average molecular weight is 352 g/mol. The molecule has 1 N–H and O–H groups in total. The van der Waals surface area contributed by atoms with Crippen LogP contribution >= 0.6 is 11.8 Å². The van der Waals surface area contributed by atoms with E-state index in [1.807, 2.05) is 49.4 Å². The summed E-state index contributed by atoms with van der Waals surface area (Å²) in [5.41, 5.74) is 2.01. The largest absolute Gasteiger partial charge is 0.350 e.